The lowest BCUT2D eigenvalue weighted by Crippen LogP contribution is -2.33. The lowest BCUT2D eigenvalue weighted by atomic mass is 10.1. The summed E-state index contributed by atoms with van der Waals surface area (Å²) in [4.78, 5) is 14.2. The summed E-state index contributed by atoms with van der Waals surface area (Å²) in [5.74, 6) is 0.836. The van der Waals surface area contributed by atoms with Crippen LogP contribution < -0.4 is 4.74 Å². The molecule has 18 heavy (non-hydrogen) atoms. The Hall–Kier alpha value is -1.55. The molecule has 0 aliphatic carbocycles. The highest BCUT2D eigenvalue weighted by molar-refractivity contribution is 5.82. The molecule has 4 nitrogen and oxygen atoms in total. The predicted octanol–water partition coefficient (Wildman–Crippen LogP) is 2.01. The van der Waals surface area contributed by atoms with Gasteiger partial charge in [-0.25, -0.2) is 0 Å². The van der Waals surface area contributed by atoms with E-state index in [0.29, 0.717) is 0 Å². The Morgan fingerprint density at radius 1 is 1.17 bits per heavy atom. The van der Waals surface area contributed by atoms with Crippen molar-refractivity contribution in [1.29, 1.82) is 0 Å². The van der Waals surface area contributed by atoms with Gasteiger partial charge in [0.15, 0.2) is 6.10 Å². The first kappa shape index (κ1) is 12.9. The number of hydrogen-bond donors (Lipinski definition) is 0. The van der Waals surface area contributed by atoms with Crippen LogP contribution in [0.1, 0.15) is 24.5 Å². The largest absolute Gasteiger partial charge is 0.497 e. The van der Waals surface area contributed by atoms with Gasteiger partial charge in [0.05, 0.1) is 7.11 Å². The molecule has 0 spiro atoms. The fourth-order valence-electron chi connectivity index (χ4n) is 2.26. The molecule has 1 amide bonds. The Morgan fingerprint density at radius 2 is 1.78 bits per heavy atom. The summed E-state index contributed by atoms with van der Waals surface area (Å²) in [6.45, 7) is 1.68. The molecule has 1 heterocycles. The lowest BCUT2D eigenvalue weighted by molar-refractivity contribution is -0.141. The molecule has 4 heteroatoms. The van der Waals surface area contributed by atoms with Crippen LogP contribution in [-0.4, -0.2) is 38.1 Å². The van der Waals surface area contributed by atoms with E-state index in [-0.39, 0.29) is 5.91 Å². The van der Waals surface area contributed by atoms with Crippen LogP contribution in [0.5, 0.6) is 5.75 Å². The van der Waals surface area contributed by atoms with E-state index in [1.165, 1.54) is 0 Å². The Morgan fingerprint density at radius 3 is 2.28 bits per heavy atom. The van der Waals surface area contributed by atoms with Crippen molar-refractivity contribution in [3.8, 4) is 5.75 Å². The van der Waals surface area contributed by atoms with Gasteiger partial charge in [0.2, 0.25) is 0 Å². The molecule has 1 fully saturated rings. The van der Waals surface area contributed by atoms with Crippen LogP contribution in [-0.2, 0) is 9.53 Å². The van der Waals surface area contributed by atoms with Gasteiger partial charge in [-0.1, -0.05) is 12.1 Å². The maximum Gasteiger partial charge on any atom is 0.256 e. The molecular weight excluding hydrogens is 230 g/mol. The molecule has 1 aliphatic rings. The average molecular weight is 249 g/mol. The highest BCUT2D eigenvalue weighted by Gasteiger charge is 2.27. The van der Waals surface area contributed by atoms with Gasteiger partial charge < -0.3 is 14.4 Å². The zero-order valence-electron chi connectivity index (χ0n) is 10.9. The van der Waals surface area contributed by atoms with Crippen LogP contribution in [0.25, 0.3) is 0 Å². The van der Waals surface area contributed by atoms with Crippen molar-refractivity contribution in [2.75, 3.05) is 27.3 Å². The maximum absolute atomic E-state index is 12.3. The van der Waals surface area contributed by atoms with Crippen LogP contribution in [0.2, 0.25) is 0 Å². The quantitative estimate of drug-likeness (QED) is 0.819. The first-order chi connectivity index (χ1) is 8.76. The highest BCUT2D eigenvalue weighted by atomic mass is 16.5. The lowest BCUT2D eigenvalue weighted by Gasteiger charge is -2.22. The van der Waals surface area contributed by atoms with Crippen molar-refractivity contribution >= 4 is 5.91 Å². The number of benzene rings is 1. The fraction of sp³-hybridized carbons (Fsp3) is 0.500. The highest BCUT2D eigenvalue weighted by Crippen LogP contribution is 2.23. The Balaban J connectivity index is 2.13. The third-order valence-electron chi connectivity index (χ3n) is 3.30. The second-order valence-corrected chi connectivity index (χ2v) is 4.42. The van der Waals surface area contributed by atoms with E-state index in [2.05, 4.69) is 0 Å². The van der Waals surface area contributed by atoms with Crippen LogP contribution in [0.15, 0.2) is 24.3 Å². The van der Waals surface area contributed by atoms with Gasteiger partial charge >= 0.3 is 0 Å². The monoisotopic (exact) mass is 249 g/mol. The van der Waals surface area contributed by atoms with Crippen molar-refractivity contribution in [2.24, 2.45) is 0 Å². The summed E-state index contributed by atoms with van der Waals surface area (Å²) in [6.07, 6.45) is 1.67. The van der Waals surface area contributed by atoms with Crippen molar-refractivity contribution < 1.29 is 14.3 Å². The molecule has 1 atom stereocenters. The first-order valence-electron chi connectivity index (χ1n) is 6.22. The maximum atomic E-state index is 12.3. The average Bonchev–Trinajstić information content (AvgIpc) is 2.94. The number of carbonyl (C=O) groups is 1. The Labute approximate surface area is 107 Å². The molecule has 0 bridgehead atoms. The van der Waals surface area contributed by atoms with Crippen LogP contribution in [0, 0.1) is 0 Å². The van der Waals surface area contributed by atoms with Crippen LogP contribution in [0.3, 0.4) is 0 Å². The van der Waals surface area contributed by atoms with Crippen molar-refractivity contribution in [2.45, 2.75) is 18.9 Å². The molecule has 0 N–H and O–H groups in total. The summed E-state index contributed by atoms with van der Waals surface area (Å²) < 4.78 is 10.5. The third-order valence-corrected chi connectivity index (χ3v) is 3.30. The molecular formula is C14H19NO3. The molecule has 1 saturated heterocycles. The number of nitrogens with zero attached hydrogens (tertiary/aromatic N) is 1. The minimum atomic E-state index is -0.506. The normalized spacial score (nSPS) is 16.7. The van der Waals surface area contributed by atoms with Gasteiger partial charge in [0.25, 0.3) is 5.91 Å². The van der Waals surface area contributed by atoms with Gasteiger partial charge in [-0.3, -0.25) is 4.79 Å². The molecule has 1 aromatic rings. The zero-order valence-corrected chi connectivity index (χ0v) is 10.9. The van der Waals surface area contributed by atoms with E-state index in [1.54, 1.807) is 14.2 Å². The van der Waals surface area contributed by atoms with Crippen molar-refractivity contribution in [3.63, 3.8) is 0 Å². The Bertz CT molecular complexity index is 396. The number of carbonyl (C=O) groups excluding carboxylic acids is 1. The van der Waals surface area contributed by atoms with Gasteiger partial charge in [-0.15, -0.1) is 0 Å². The molecule has 0 saturated carbocycles. The number of likely N-dealkylation sites (tertiary alicyclic amines) is 1. The Kier molecular flexibility index (Phi) is 4.20. The summed E-state index contributed by atoms with van der Waals surface area (Å²) >= 11 is 0. The van der Waals surface area contributed by atoms with E-state index in [4.69, 9.17) is 9.47 Å². The molecule has 1 unspecified atom stereocenters. The topological polar surface area (TPSA) is 38.8 Å². The zero-order chi connectivity index (χ0) is 13.0. The van der Waals surface area contributed by atoms with E-state index in [9.17, 15) is 4.79 Å². The molecule has 2 rings (SSSR count). The molecule has 0 aromatic heterocycles. The molecule has 98 valence electrons. The number of methoxy groups -OCH3 is 2. The molecule has 1 aliphatic heterocycles. The summed E-state index contributed by atoms with van der Waals surface area (Å²) in [5.41, 5.74) is 0.871. The molecule has 0 radical (unpaired) electrons. The standard InChI is InChI=1S/C14H19NO3/c1-17-12-7-5-11(6-8-12)13(18-2)14(16)15-9-3-4-10-15/h5-8,13H,3-4,9-10H2,1-2H3. The van der Waals surface area contributed by atoms with E-state index in [1.807, 2.05) is 29.2 Å². The minimum Gasteiger partial charge on any atom is -0.497 e. The van der Waals surface area contributed by atoms with Crippen LogP contribution in [0.4, 0.5) is 0 Å². The second kappa shape index (κ2) is 5.87. The second-order valence-electron chi connectivity index (χ2n) is 4.42. The summed E-state index contributed by atoms with van der Waals surface area (Å²) in [6, 6.07) is 7.44. The SMILES string of the molecule is COc1ccc(C(OC)C(=O)N2CCCC2)cc1. The van der Waals surface area contributed by atoms with Crippen molar-refractivity contribution in [1.82, 2.24) is 4.90 Å². The minimum absolute atomic E-state index is 0.0557. The predicted molar refractivity (Wildman–Crippen MR) is 68.6 cm³/mol. The van der Waals surface area contributed by atoms with Gasteiger partial charge in [0.1, 0.15) is 5.75 Å². The van der Waals surface area contributed by atoms with Gasteiger partial charge in [0, 0.05) is 20.2 Å². The number of ether oxygens (including phenoxy) is 2. The van der Waals surface area contributed by atoms with E-state index >= 15 is 0 Å². The number of rotatable bonds is 4. The van der Waals surface area contributed by atoms with Gasteiger partial charge in [-0.05, 0) is 30.5 Å². The first-order valence-corrected chi connectivity index (χ1v) is 6.22. The summed E-state index contributed by atoms with van der Waals surface area (Å²) in [5, 5.41) is 0. The third kappa shape index (κ3) is 2.64. The molecule has 1 aromatic carbocycles. The number of hydrogen-bond acceptors (Lipinski definition) is 3. The summed E-state index contributed by atoms with van der Waals surface area (Å²) in [7, 11) is 3.20. The smallest absolute Gasteiger partial charge is 0.256 e. The number of amides is 1. The van der Waals surface area contributed by atoms with E-state index < -0.39 is 6.10 Å². The van der Waals surface area contributed by atoms with Crippen molar-refractivity contribution in [3.05, 3.63) is 29.8 Å². The van der Waals surface area contributed by atoms with Gasteiger partial charge in [-0.2, -0.15) is 0 Å². The fourth-order valence-corrected chi connectivity index (χ4v) is 2.26. The van der Waals surface area contributed by atoms with E-state index in [0.717, 1.165) is 37.2 Å². The van der Waals surface area contributed by atoms with Crippen LogP contribution >= 0.6 is 0 Å².